The van der Waals surface area contributed by atoms with Crippen LogP contribution >= 0.6 is 0 Å². The fraction of sp³-hybridized carbons (Fsp3) is 0.565. The molecule has 1 spiro atoms. The summed E-state index contributed by atoms with van der Waals surface area (Å²) in [6.07, 6.45) is 11.2. The van der Waals surface area contributed by atoms with Gasteiger partial charge in [0.05, 0.1) is 24.3 Å². The summed E-state index contributed by atoms with van der Waals surface area (Å²) >= 11 is 0. The molecule has 32 heavy (non-hydrogen) atoms. The van der Waals surface area contributed by atoms with E-state index in [9.17, 15) is 4.79 Å². The van der Waals surface area contributed by atoms with E-state index < -0.39 is 5.60 Å². The Labute approximate surface area is 187 Å². The minimum atomic E-state index is -0.460. The third-order valence-electron chi connectivity index (χ3n) is 6.43. The number of aryl methyl sites for hydroxylation is 1. The second kappa shape index (κ2) is 7.50. The number of fused-ring (bicyclic) bond motifs is 1. The van der Waals surface area contributed by atoms with Gasteiger partial charge in [-0.3, -0.25) is 4.68 Å². The van der Waals surface area contributed by atoms with Gasteiger partial charge in [0.2, 0.25) is 5.88 Å². The number of amides is 1. The summed E-state index contributed by atoms with van der Waals surface area (Å²) in [6, 6.07) is 1.92. The van der Waals surface area contributed by atoms with Crippen molar-refractivity contribution in [3.63, 3.8) is 0 Å². The summed E-state index contributed by atoms with van der Waals surface area (Å²) in [5, 5.41) is 8.62. The van der Waals surface area contributed by atoms with Crippen LogP contribution in [-0.2, 0) is 11.8 Å². The van der Waals surface area contributed by atoms with Gasteiger partial charge in [-0.05, 0) is 57.9 Å². The first kappa shape index (κ1) is 20.8. The van der Waals surface area contributed by atoms with Gasteiger partial charge < -0.3 is 14.4 Å². The van der Waals surface area contributed by atoms with E-state index in [0.29, 0.717) is 5.88 Å². The quantitative estimate of drug-likeness (QED) is 0.620. The van der Waals surface area contributed by atoms with Crippen LogP contribution in [0.15, 0.2) is 30.9 Å². The van der Waals surface area contributed by atoms with Crippen molar-refractivity contribution in [1.29, 1.82) is 0 Å². The second-order valence-corrected chi connectivity index (χ2v) is 10.1. The molecule has 1 aliphatic carbocycles. The van der Waals surface area contributed by atoms with Gasteiger partial charge in [-0.2, -0.15) is 10.2 Å². The summed E-state index contributed by atoms with van der Waals surface area (Å²) in [5.41, 5.74) is 2.36. The molecular weight excluding hydrogens is 408 g/mol. The Morgan fingerprint density at radius 1 is 1.16 bits per heavy atom. The first-order chi connectivity index (χ1) is 15.2. The number of ether oxygens (including phenoxy) is 2. The Morgan fingerprint density at radius 3 is 2.56 bits per heavy atom. The predicted octanol–water partition coefficient (Wildman–Crippen LogP) is 3.69. The van der Waals surface area contributed by atoms with Crippen molar-refractivity contribution in [2.24, 2.45) is 12.5 Å². The van der Waals surface area contributed by atoms with Crippen molar-refractivity contribution >= 4 is 11.6 Å². The highest BCUT2D eigenvalue weighted by molar-refractivity contribution is 5.68. The van der Waals surface area contributed by atoms with Crippen LogP contribution in [0.1, 0.15) is 46.5 Å². The van der Waals surface area contributed by atoms with Gasteiger partial charge in [0, 0.05) is 31.9 Å². The van der Waals surface area contributed by atoms with Crippen LogP contribution in [0.5, 0.6) is 5.88 Å². The van der Waals surface area contributed by atoms with Crippen molar-refractivity contribution in [1.82, 2.24) is 29.3 Å². The molecule has 9 heteroatoms. The van der Waals surface area contributed by atoms with E-state index in [1.807, 2.05) is 51.2 Å². The van der Waals surface area contributed by atoms with Gasteiger partial charge in [0.1, 0.15) is 17.2 Å². The molecule has 0 bridgehead atoms. The standard InChI is InChI=1S/C23H30N6O3/c1-22(2,3)32-21(30)28-9-6-23(7-10-28)11-17(12-23)31-20-19-5-8-24-29(19)15-18(26-20)16-13-25-27(4)14-16/h5,8,13-15,17H,6-7,9-12H2,1-4H3. The molecule has 4 heterocycles. The fourth-order valence-electron chi connectivity index (χ4n) is 4.72. The average Bonchev–Trinajstić information content (AvgIpc) is 3.34. The number of nitrogens with zero attached hydrogens (tertiary/aromatic N) is 6. The van der Waals surface area contributed by atoms with Crippen LogP contribution in [0, 0.1) is 5.41 Å². The monoisotopic (exact) mass is 438 g/mol. The topological polar surface area (TPSA) is 86.8 Å². The maximum Gasteiger partial charge on any atom is 0.410 e. The zero-order valence-electron chi connectivity index (χ0n) is 19.1. The van der Waals surface area contributed by atoms with Crippen LogP contribution in [0.25, 0.3) is 16.8 Å². The van der Waals surface area contributed by atoms with Gasteiger partial charge >= 0.3 is 6.09 Å². The highest BCUT2D eigenvalue weighted by Crippen LogP contribution is 2.50. The molecule has 0 radical (unpaired) electrons. The maximum atomic E-state index is 12.3. The first-order valence-corrected chi connectivity index (χ1v) is 11.2. The van der Waals surface area contributed by atoms with Crippen LogP contribution in [0.3, 0.4) is 0 Å². The number of carbonyl (C=O) groups is 1. The Kier molecular flexibility index (Phi) is 4.87. The highest BCUT2D eigenvalue weighted by atomic mass is 16.6. The van der Waals surface area contributed by atoms with Crippen LogP contribution in [0.4, 0.5) is 4.79 Å². The molecule has 5 rings (SSSR count). The molecule has 1 aliphatic heterocycles. The summed E-state index contributed by atoms with van der Waals surface area (Å²) in [6.45, 7) is 7.18. The summed E-state index contributed by atoms with van der Waals surface area (Å²) in [5.74, 6) is 0.606. The van der Waals surface area contributed by atoms with Crippen molar-refractivity contribution in [3.05, 3.63) is 30.9 Å². The minimum absolute atomic E-state index is 0.124. The number of likely N-dealkylation sites (tertiary alicyclic amines) is 1. The van der Waals surface area contributed by atoms with Gasteiger partial charge in [-0.25, -0.2) is 14.3 Å². The van der Waals surface area contributed by atoms with Gasteiger partial charge in [0.15, 0.2) is 0 Å². The average molecular weight is 439 g/mol. The van der Waals surface area contributed by atoms with E-state index in [1.54, 1.807) is 21.6 Å². The number of piperidine rings is 1. The molecule has 3 aromatic heterocycles. The van der Waals surface area contributed by atoms with Gasteiger partial charge in [0.25, 0.3) is 0 Å². The summed E-state index contributed by atoms with van der Waals surface area (Å²) in [4.78, 5) is 19.0. The molecule has 0 aromatic carbocycles. The van der Waals surface area contributed by atoms with Gasteiger partial charge in [-0.15, -0.1) is 0 Å². The van der Waals surface area contributed by atoms with E-state index in [0.717, 1.165) is 55.5 Å². The fourth-order valence-corrected chi connectivity index (χ4v) is 4.72. The van der Waals surface area contributed by atoms with E-state index >= 15 is 0 Å². The second-order valence-electron chi connectivity index (χ2n) is 10.1. The zero-order valence-corrected chi connectivity index (χ0v) is 19.1. The third-order valence-corrected chi connectivity index (χ3v) is 6.43. The third kappa shape index (κ3) is 4.03. The van der Waals surface area contributed by atoms with Crippen LogP contribution < -0.4 is 4.74 Å². The maximum absolute atomic E-state index is 12.3. The summed E-state index contributed by atoms with van der Waals surface area (Å²) < 4.78 is 15.4. The summed E-state index contributed by atoms with van der Waals surface area (Å²) in [7, 11) is 1.88. The molecule has 170 valence electrons. The number of carbonyl (C=O) groups excluding carboxylic acids is 1. The number of aromatic nitrogens is 5. The van der Waals surface area contributed by atoms with Gasteiger partial charge in [-0.1, -0.05) is 0 Å². The lowest BCUT2D eigenvalue weighted by Gasteiger charge is -2.51. The van der Waals surface area contributed by atoms with E-state index in [2.05, 4.69) is 10.2 Å². The SMILES string of the molecule is Cn1cc(-c2cn3nccc3c(OC3CC4(CCN(C(=O)OC(C)(C)C)CC4)C3)n2)cn1. The Hall–Kier alpha value is -3.10. The lowest BCUT2D eigenvalue weighted by atomic mass is 9.61. The van der Waals surface area contributed by atoms with Crippen LogP contribution in [0.2, 0.25) is 0 Å². The number of hydrogen-bond acceptors (Lipinski definition) is 6. The molecule has 9 nitrogen and oxygen atoms in total. The van der Waals surface area contributed by atoms with Crippen molar-refractivity contribution in [2.75, 3.05) is 13.1 Å². The predicted molar refractivity (Wildman–Crippen MR) is 118 cm³/mol. The van der Waals surface area contributed by atoms with E-state index in [-0.39, 0.29) is 17.6 Å². The molecule has 2 aliphatic rings. The number of hydrogen-bond donors (Lipinski definition) is 0. The van der Waals surface area contributed by atoms with Crippen LogP contribution in [-0.4, -0.2) is 60.2 Å². The number of rotatable bonds is 3. The largest absolute Gasteiger partial charge is 0.473 e. The highest BCUT2D eigenvalue weighted by Gasteiger charge is 2.48. The normalized spacial score (nSPS) is 18.7. The lowest BCUT2D eigenvalue weighted by molar-refractivity contribution is -0.0592. The molecule has 1 saturated heterocycles. The molecule has 3 aromatic rings. The van der Waals surface area contributed by atoms with E-state index in [1.165, 1.54) is 0 Å². The molecule has 0 atom stereocenters. The Bertz CT molecular complexity index is 1130. The molecule has 0 unspecified atom stereocenters. The minimum Gasteiger partial charge on any atom is -0.473 e. The Balaban J connectivity index is 1.23. The van der Waals surface area contributed by atoms with Crippen molar-refractivity contribution in [3.8, 4) is 17.1 Å². The molecule has 0 N–H and O–H groups in total. The van der Waals surface area contributed by atoms with Crippen molar-refractivity contribution in [2.45, 2.75) is 58.2 Å². The molecule has 1 amide bonds. The molecule has 2 fully saturated rings. The lowest BCUT2D eigenvalue weighted by Crippen LogP contribution is -2.52. The molecule has 1 saturated carbocycles. The smallest absolute Gasteiger partial charge is 0.410 e. The zero-order chi connectivity index (χ0) is 22.5. The first-order valence-electron chi connectivity index (χ1n) is 11.2. The Morgan fingerprint density at radius 2 is 1.91 bits per heavy atom. The van der Waals surface area contributed by atoms with E-state index in [4.69, 9.17) is 14.5 Å². The molecular formula is C23H30N6O3. The van der Waals surface area contributed by atoms with Crippen molar-refractivity contribution < 1.29 is 14.3 Å².